The Morgan fingerprint density at radius 1 is 1.47 bits per heavy atom. The van der Waals surface area contributed by atoms with Gasteiger partial charge in [0.25, 0.3) is 5.91 Å². The average Bonchev–Trinajstić information content (AvgIpc) is 2.23. The molecular formula is C12H19N3O2. The van der Waals surface area contributed by atoms with Crippen molar-refractivity contribution in [1.82, 2.24) is 5.32 Å². The molecule has 1 aromatic carbocycles. The molecule has 0 aliphatic carbocycles. The third kappa shape index (κ3) is 4.32. The Kier molecular flexibility index (Phi) is 4.78. The topological polar surface area (TPSA) is 101 Å². The van der Waals surface area contributed by atoms with Crippen LogP contribution in [0.25, 0.3) is 0 Å². The lowest BCUT2D eigenvalue weighted by atomic mass is 10.1. The molecule has 1 rings (SSSR count). The second-order valence-electron chi connectivity index (χ2n) is 4.09. The van der Waals surface area contributed by atoms with Crippen LogP contribution in [0, 0.1) is 0 Å². The number of nitrogen functional groups attached to an aromatic ring is 2. The van der Waals surface area contributed by atoms with Crippen LogP contribution in [0.5, 0.6) is 0 Å². The van der Waals surface area contributed by atoms with E-state index in [9.17, 15) is 4.79 Å². The quantitative estimate of drug-likeness (QED) is 0.448. The van der Waals surface area contributed by atoms with Crippen LogP contribution in [0.2, 0.25) is 0 Å². The monoisotopic (exact) mass is 237 g/mol. The van der Waals surface area contributed by atoms with Crippen LogP contribution in [0.4, 0.5) is 11.4 Å². The van der Waals surface area contributed by atoms with Gasteiger partial charge in [0.15, 0.2) is 0 Å². The van der Waals surface area contributed by atoms with E-state index in [0.29, 0.717) is 29.9 Å². The Morgan fingerprint density at radius 2 is 2.18 bits per heavy atom. The highest BCUT2D eigenvalue weighted by molar-refractivity contribution is 5.99. The Balaban J connectivity index is 2.47. The van der Waals surface area contributed by atoms with E-state index < -0.39 is 0 Å². The zero-order valence-electron chi connectivity index (χ0n) is 9.94. The van der Waals surface area contributed by atoms with E-state index in [1.54, 1.807) is 25.1 Å². The summed E-state index contributed by atoms with van der Waals surface area (Å²) in [5, 5.41) is 11.8. The van der Waals surface area contributed by atoms with Crippen molar-refractivity contribution in [1.29, 1.82) is 0 Å². The van der Waals surface area contributed by atoms with Gasteiger partial charge in [-0.2, -0.15) is 0 Å². The van der Waals surface area contributed by atoms with Crippen LogP contribution in [0.1, 0.15) is 30.1 Å². The molecule has 0 fully saturated rings. The SMILES string of the molecule is CC(O)CCCNC(=O)c1ccc(N)cc1N. The molecule has 1 atom stereocenters. The van der Waals surface area contributed by atoms with E-state index in [1.807, 2.05) is 0 Å². The first-order valence-electron chi connectivity index (χ1n) is 5.62. The fourth-order valence-electron chi connectivity index (χ4n) is 1.48. The summed E-state index contributed by atoms with van der Waals surface area (Å²) in [6, 6.07) is 4.81. The van der Waals surface area contributed by atoms with Crippen LogP contribution < -0.4 is 16.8 Å². The number of amides is 1. The van der Waals surface area contributed by atoms with Crippen molar-refractivity contribution in [2.45, 2.75) is 25.9 Å². The number of benzene rings is 1. The zero-order chi connectivity index (χ0) is 12.8. The Labute approximate surface area is 101 Å². The first kappa shape index (κ1) is 13.3. The van der Waals surface area contributed by atoms with Gasteiger partial charge in [0.05, 0.1) is 11.7 Å². The molecule has 0 spiro atoms. The lowest BCUT2D eigenvalue weighted by Crippen LogP contribution is -2.25. The molecule has 0 saturated heterocycles. The predicted molar refractivity (Wildman–Crippen MR) is 68.5 cm³/mol. The van der Waals surface area contributed by atoms with Crippen LogP contribution in [-0.2, 0) is 0 Å². The highest BCUT2D eigenvalue weighted by Crippen LogP contribution is 2.15. The number of hydrogen-bond donors (Lipinski definition) is 4. The molecular weight excluding hydrogens is 218 g/mol. The first-order chi connectivity index (χ1) is 8.00. The van der Waals surface area contributed by atoms with Crippen molar-refractivity contribution in [2.24, 2.45) is 0 Å². The van der Waals surface area contributed by atoms with Crippen LogP contribution in [-0.4, -0.2) is 23.7 Å². The molecule has 5 nitrogen and oxygen atoms in total. The number of hydrogen-bond acceptors (Lipinski definition) is 4. The van der Waals surface area contributed by atoms with E-state index in [2.05, 4.69) is 5.32 Å². The molecule has 17 heavy (non-hydrogen) atoms. The van der Waals surface area contributed by atoms with Crippen LogP contribution in [0.3, 0.4) is 0 Å². The highest BCUT2D eigenvalue weighted by atomic mass is 16.3. The predicted octanol–water partition coefficient (Wildman–Crippen LogP) is 0.742. The molecule has 0 heterocycles. The molecule has 1 unspecified atom stereocenters. The summed E-state index contributed by atoms with van der Waals surface area (Å²) < 4.78 is 0. The molecule has 0 aromatic heterocycles. The zero-order valence-corrected chi connectivity index (χ0v) is 9.94. The van der Waals surface area contributed by atoms with E-state index in [4.69, 9.17) is 16.6 Å². The highest BCUT2D eigenvalue weighted by Gasteiger charge is 2.08. The second-order valence-corrected chi connectivity index (χ2v) is 4.09. The van der Waals surface area contributed by atoms with Crippen molar-refractivity contribution in [2.75, 3.05) is 18.0 Å². The number of rotatable bonds is 5. The maximum atomic E-state index is 11.7. The molecule has 0 bridgehead atoms. The maximum absolute atomic E-state index is 11.7. The van der Waals surface area contributed by atoms with Crippen molar-refractivity contribution in [3.63, 3.8) is 0 Å². The van der Waals surface area contributed by atoms with Gasteiger partial charge < -0.3 is 21.9 Å². The van der Waals surface area contributed by atoms with Gasteiger partial charge in [0.2, 0.25) is 0 Å². The minimum atomic E-state index is -0.339. The Bertz CT molecular complexity index is 391. The van der Waals surface area contributed by atoms with E-state index in [1.165, 1.54) is 0 Å². The molecule has 94 valence electrons. The second kappa shape index (κ2) is 6.10. The summed E-state index contributed by atoms with van der Waals surface area (Å²) >= 11 is 0. The number of carbonyl (C=O) groups is 1. The van der Waals surface area contributed by atoms with Gasteiger partial charge >= 0.3 is 0 Å². The third-order valence-corrected chi connectivity index (χ3v) is 2.40. The van der Waals surface area contributed by atoms with Gasteiger partial charge in [0.1, 0.15) is 0 Å². The summed E-state index contributed by atoms with van der Waals surface area (Å²) in [7, 11) is 0. The van der Waals surface area contributed by atoms with E-state index >= 15 is 0 Å². The molecule has 1 amide bonds. The minimum Gasteiger partial charge on any atom is -0.399 e. The van der Waals surface area contributed by atoms with Gasteiger partial charge in [-0.25, -0.2) is 0 Å². The van der Waals surface area contributed by atoms with Crippen LogP contribution in [0.15, 0.2) is 18.2 Å². The minimum absolute atomic E-state index is 0.215. The molecule has 0 aliphatic rings. The molecule has 1 aromatic rings. The maximum Gasteiger partial charge on any atom is 0.253 e. The number of aliphatic hydroxyl groups excluding tert-OH is 1. The van der Waals surface area contributed by atoms with Crippen molar-refractivity contribution in [3.8, 4) is 0 Å². The lowest BCUT2D eigenvalue weighted by molar-refractivity contribution is 0.0950. The van der Waals surface area contributed by atoms with Crippen molar-refractivity contribution < 1.29 is 9.90 Å². The fourth-order valence-corrected chi connectivity index (χ4v) is 1.48. The molecule has 0 aliphatic heterocycles. The van der Waals surface area contributed by atoms with Gasteiger partial charge in [-0.15, -0.1) is 0 Å². The largest absolute Gasteiger partial charge is 0.399 e. The summed E-state index contributed by atoms with van der Waals surface area (Å²) in [5.74, 6) is -0.215. The molecule has 0 saturated carbocycles. The Hall–Kier alpha value is -1.75. The first-order valence-corrected chi connectivity index (χ1v) is 5.62. The number of nitrogens with two attached hydrogens (primary N) is 2. The Morgan fingerprint density at radius 3 is 2.76 bits per heavy atom. The van der Waals surface area contributed by atoms with Gasteiger partial charge in [0, 0.05) is 17.9 Å². The summed E-state index contributed by atoms with van der Waals surface area (Å²) in [6.07, 6.45) is 1.06. The summed E-state index contributed by atoms with van der Waals surface area (Å²) in [5.41, 5.74) is 12.6. The standard InChI is InChI=1S/C12H19N3O2/c1-8(16)3-2-6-15-12(17)10-5-4-9(13)7-11(10)14/h4-5,7-8,16H,2-3,6,13-14H2,1H3,(H,15,17). The van der Waals surface area contributed by atoms with Crippen molar-refractivity contribution in [3.05, 3.63) is 23.8 Å². The van der Waals surface area contributed by atoms with Crippen LogP contribution >= 0.6 is 0 Å². The number of anilines is 2. The lowest BCUT2D eigenvalue weighted by Gasteiger charge is -2.08. The van der Waals surface area contributed by atoms with Gasteiger partial charge in [-0.1, -0.05) is 0 Å². The summed E-state index contributed by atoms with van der Waals surface area (Å²) in [4.78, 5) is 11.7. The fraction of sp³-hybridized carbons (Fsp3) is 0.417. The molecule has 6 N–H and O–H groups in total. The number of carbonyl (C=O) groups excluding carboxylic acids is 1. The van der Waals surface area contributed by atoms with E-state index in [-0.39, 0.29) is 12.0 Å². The normalized spacial score (nSPS) is 12.1. The summed E-state index contributed by atoms with van der Waals surface area (Å²) in [6.45, 7) is 2.24. The van der Waals surface area contributed by atoms with Gasteiger partial charge in [-0.05, 0) is 38.0 Å². The average molecular weight is 237 g/mol. The smallest absolute Gasteiger partial charge is 0.253 e. The van der Waals surface area contributed by atoms with Crippen molar-refractivity contribution >= 4 is 17.3 Å². The van der Waals surface area contributed by atoms with E-state index in [0.717, 1.165) is 6.42 Å². The third-order valence-electron chi connectivity index (χ3n) is 2.40. The molecule has 0 radical (unpaired) electrons. The van der Waals surface area contributed by atoms with Gasteiger partial charge in [-0.3, -0.25) is 4.79 Å². The molecule has 5 heteroatoms. The number of nitrogens with one attached hydrogen (secondary N) is 1. The number of aliphatic hydroxyl groups is 1.